The van der Waals surface area contributed by atoms with Gasteiger partial charge >= 0.3 is 0 Å². The Bertz CT molecular complexity index is 938. The highest BCUT2D eigenvalue weighted by Crippen LogP contribution is 2.58. The SMILES string of the molecule is CCc1cc(O)c(-c2nnc(N[C@@H]3CCCC[C@H]3O)c3c2COC32CC2)c(F)c1. The van der Waals surface area contributed by atoms with Gasteiger partial charge in [-0.05, 0) is 49.8 Å². The first-order valence-electron chi connectivity index (χ1n) is 10.5. The van der Waals surface area contributed by atoms with Crippen molar-refractivity contribution in [2.24, 2.45) is 0 Å². The molecule has 6 nitrogen and oxygen atoms in total. The van der Waals surface area contributed by atoms with Gasteiger partial charge in [-0.3, -0.25) is 0 Å². The van der Waals surface area contributed by atoms with Crippen LogP contribution < -0.4 is 5.32 Å². The number of aliphatic hydroxyl groups excluding tert-OH is 1. The van der Waals surface area contributed by atoms with Crippen molar-refractivity contribution in [2.45, 2.75) is 76.2 Å². The van der Waals surface area contributed by atoms with E-state index in [4.69, 9.17) is 4.74 Å². The molecule has 2 fully saturated rings. The summed E-state index contributed by atoms with van der Waals surface area (Å²) >= 11 is 0. The standard InChI is InChI=1S/C22H26FN3O3/c1-2-12-9-14(23)18(17(28)10-12)20-13-11-29-22(7-8-22)19(13)21(26-25-20)24-15-5-3-4-6-16(15)27/h9-10,15-16,27-28H,2-8,11H2,1H3,(H,24,26)/t15-,16-/m1/s1. The van der Waals surface area contributed by atoms with Crippen LogP contribution in [0.5, 0.6) is 5.75 Å². The number of halogens is 1. The van der Waals surface area contributed by atoms with E-state index in [9.17, 15) is 14.6 Å². The molecule has 1 aromatic heterocycles. The zero-order chi connectivity index (χ0) is 20.2. The fraction of sp³-hybridized carbons (Fsp3) is 0.545. The van der Waals surface area contributed by atoms with E-state index in [2.05, 4.69) is 15.5 Å². The highest BCUT2D eigenvalue weighted by molar-refractivity contribution is 5.75. The smallest absolute Gasteiger partial charge is 0.155 e. The summed E-state index contributed by atoms with van der Waals surface area (Å²) in [4.78, 5) is 0. The number of aliphatic hydroxyl groups is 1. The summed E-state index contributed by atoms with van der Waals surface area (Å²) < 4.78 is 20.9. The summed E-state index contributed by atoms with van der Waals surface area (Å²) in [7, 11) is 0. The molecule has 0 saturated heterocycles. The molecule has 0 bridgehead atoms. The molecular formula is C22H26FN3O3. The number of benzene rings is 1. The Hall–Kier alpha value is -2.25. The minimum atomic E-state index is -0.501. The monoisotopic (exact) mass is 399 g/mol. The molecule has 1 spiro atoms. The second kappa shape index (κ2) is 6.92. The number of anilines is 1. The minimum absolute atomic E-state index is 0.0709. The van der Waals surface area contributed by atoms with E-state index in [0.717, 1.165) is 55.2 Å². The van der Waals surface area contributed by atoms with E-state index in [0.29, 0.717) is 24.5 Å². The molecule has 1 aromatic carbocycles. The number of phenols is 1. The molecule has 2 atom stereocenters. The number of fused-ring (bicyclic) bond motifs is 2. The van der Waals surface area contributed by atoms with Crippen LogP contribution in [0, 0.1) is 5.82 Å². The molecule has 2 aliphatic carbocycles. The van der Waals surface area contributed by atoms with Gasteiger partial charge in [0, 0.05) is 11.1 Å². The number of hydrogen-bond acceptors (Lipinski definition) is 6. The molecule has 154 valence electrons. The lowest BCUT2D eigenvalue weighted by molar-refractivity contribution is 0.0444. The van der Waals surface area contributed by atoms with E-state index in [-0.39, 0.29) is 17.4 Å². The van der Waals surface area contributed by atoms with Crippen LogP contribution in [0.25, 0.3) is 11.3 Å². The van der Waals surface area contributed by atoms with Gasteiger partial charge in [0.25, 0.3) is 0 Å². The first-order chi connectivity index (χ1) is 14.0. The average Bonchev–Trinajstić information content (AvgIpc) is 3.38. The van der Waals surface area contributed by atoms with Crippen molar-refractivity contribution in [2.75, 3.05) is 5.32 Å². The molecule has 2 heterocycles. The summed E-state index contributed by atoms with van der Waals surface area (Å²) in [5, 5.41) is 32.9. The lowest BCUT2D eigenvalue weighted by Gasteiger charge is -2.29. The minimum Gasteiger partial charge on any atom is -0.507 e. The maximum Gasteiger partial charge on any atom is 0.155 e. The Morgan fingerprint density at radius 3 is 2.72 bits per heavy atom. The molecule has 2 aromatic rings. The number of aryl methyl sites for hydroxylation is 1. The third-order valence-electron chi connectivity index (χ3n) is 6.55. The number of hydrogen-bond donors (Lipinski definition) is 3. The molecule has 0 unspecified atom stereocenters. The van der Waals surface area contributed by atoms with Gasteiger partial charge in [0.05, 0.1) is 29.9 Å². The molecule has 5 rings (SSSR count). The largest absolute Gasteiger partial charge is 0.507 e. The van der Waals surface area contributed by atoms with Gasteiger partial charge < -0.3 is 20.3 Å². The average molecular weight is 399 g/mol. The Labute approximate surface area is 169 Å². The van der Waals surface area contributed by atoms with Gasteiger partial charge in [-0.2, -0.15) is 0 Å². The molecule has 0 radical (unpaired) electrons. The van der Waals surface area contributed by atoms with Crippen molar-refractivity contribution < 1.29 is 19.3 Å². The molecule has 1 aliphatic heterocycles. The highest BCUT2D eigenvalue weighted by atomic mass is 19.1. The quantitative estimate of drug-likeness (QED) is 0.725. The lowest BCUT2D eigenvalue weighted by Crippen LogP contribution is -2.37. The van der Waals surface area contributed by atoms with E-state index < -0.39 is 17.5 Å². The van der Waals surface area contributed by atoms with Gasteiger partial charge in [-0.25, -0.2) is 4.39 Å². The lowest BCUT2D eigenvalue weighted by atomic mass is 9.92. The molecular weight excluding hydrogens is 373 g/mol. The Kier molecular flexibility index (Phi) is 4.47. The van der Waals surface area contributed by atoms with Crippen molar-refractivity contribution in [1.29, 1.82) is 0 Å². The number of nitrogens with one attached hydrogen (secondary N) is 1. The number of rotatable bonds is 4. The van der Waals surface area contributed by atoms with Crippen molar-refractivity contribution in [3.63, 3.8) is 0 Å². The van der Waals surface area contributed by atoms with Crippen molar-refractivity contribution in [1.82, 2.24) is 10.2 Å². The van der Waals surface area contributed by atoms with Crippen molar-refractivity contribution in [3.05, 3.63) is 34.6 Å². The molecule has 2 saturated carbocycles. The van der Waals surface area contributed by atoms with Crippen LogP contribution in [0.1, 0.15) is 62.1 Å². The second-order valence-electron chi connectivity index (χ2n) is 8.46. The number of ether oxygens (including phenoxy) is 1. The van der Waals surface area contributed by atoms with Gasteiger partial charge in [0.15, 0.2) is 5.82 Å². The number of aromatic nitrogens is 2. The topological polar surface area (TPSA) is 87.5 Å². The Morgan fingerprint density at radius 2 is 2.03 bits per heavy atom. The first-order valence-corrected chi connectivity index (χ1v) is 10.5. The molecule has 3 N–H and O–H groups in total. The first kappa shape index (κ1) is 18.8. The van der Waals surface area contributed by atoms with Gasteiger partial charge in [-0.1, -0.05) is 19.8 Å². The van der Waals surface area contributed by atoms with E-state index in [1.807, 2.05) is 6.92 Å². The van der Waals surface area contributed by atoms with Crippen LogP contribution in [-0.4, -0.2) is 32.6 Å². The zero-order valence-corrected chi connectivity index (χ0v) is 16.5. The number of aromatic hydroxyl groups is 1. The van der Waals surface area contributed by atoms with Crippen LogP contribution in [0.3, 0.4) is 0 Å². The predicted molar refractivity (Wildman–Crippen MR) is 106 cm³/mol. The highest BCUT2D eigenvalue weighted by Gasteiger charge is 2.54. The van der Waals surface area contributed by atoms with Crippen LogP contribution in [0.2, 0.25) is 0 Å². The zero-order valence-electron chi connectivity index (χ0n) is 16.5. The van der Waals surface area contributed by atoms with Crippen molar-refractivity contribution in [3.8, 4) is 17.0 Å². The van der Waals surface area contributed by atoms with Gasteiger partial charge in [-0.15, -0.1) is 10.2 Å². The van der Waals surface area contributed by atoms with E-state index in [1.54, 1.807) is 6.07 Å². The third-order valence-corrected chi connectivity index (χ3v) is 6.55. The maximum atomic E-state index is 14.9. The third kappa shape index (κ3) is 3.07. The van der Waals surface area contributed by atoms with Gasteiger partial charge in [0.1, 0.15) is 17.3 Å². The van der Waals surface area contributed by atoms with Gasteiger partial charge in [0.2, 0.25) is 0 Å². The maximum absolute atomic E-state index is 14.9. The van der Waals surface area contributed by atoms with Crippen LogP contribution in [0.15, 0.2) is 12.1 Å². The Morgan fingerprint density at radius 1 is 1.24 bits per heavy atom. The fourth-order valence-corrected chi connectivity index (χ4v) is 4.74. The normalized spacial score (nSPS) is 24.5. The predicted octanol–water partition coefficient (Wildman–Crippen LogP) is 3.79. The second-order valence-corrected chi connectivity index (χ2v) is 8.46. The fourth-order valence-electron chi connectivity index (χ4n) is 4.74. The van der Waals surface area contributed by atoms with Crippen LogP contribution in [0.4, 0.5) is 10.2 Å². The summed E-state index contributed by atoms with van der Waals surface area (Å²) in [5.74, 6) is -0.00760. The summed E-state index contributed by atoms with van der Waals surface area (Å²) in [6, 6.07) is 2.95. The van der Waals surface area contributed by atoms with Crippen LogP contribution in [-0.2, 0) is 23.4 Å². The van der Waals surface area contributed by atoms with Crippen molar-refractivity contribution >= 4 is 5.82 Å². The van der Waals surface area contributed by atoms with E-state index in [1.165, 1.54) is 6.07 Å². The number of phenolic OH excluding ortho intramolecular Hbond substituents is 1. The molecule has 29 heavy (non-hydrogen) atoms. The molecule has 3 aliphatic rings. The molecule has 0 amide bonds. The molecule has 7 heteroatoms. The van der Waals surface area contributed by atoms with E-state index >= 15 is 0 Å². The summed E-state index contributed by atoms with van der Waals surface area (Å²) in [5.41, 5.74) is 2.46. The Balaban J connectivity index is 1.59. The summed E-state index contributed by atoms with van der Waals surface area (Å²) in [6.45, 7) is 2.23. The van der Waals surface area contributed by atoms with Crippen LogP contribution >= 0.6 is 0 Å². The number of nitrogens with zero attached hydrogens (tertiary/aromatic N) is 2. The summed E-state index contributed by atoms with van der Waals surface area (Å²) in [6.07, 6.45) is 5.73.